The molecule has 0 unspecified atom stereocenters. The maximum absolute atomic E-state index is 9.12. The second-order valence-corrected chi connectivity index (χ2v) is 5.39. The molecule has 0 saturated carbocycles. The largest absolute Gasteiger partial charge is 0.285 e. The summed E-state index contributed by atoms with van der Waals surface area (Å²) in [5.41, 5.74) is 4.82. The number of hydrogen-bond donors (Lipinski definition) is 0. The average Bonchev–Trinajstić information content (AvgIpc) is 2.25. The minimum absolute atomic E-state index is 0.425. The maximum Gasteiger partial charge on any atom is 0.103 e. The van der Waals surface area contributed by atoms with Crippen LogP contribution < -0.4 is 0 Å². The molecule has 92 valence electrons. The molecule has 0 amide bonds. The molecule has 1 aromatic rings. The number of aryl methyl sites for hydroxylation is 3. The van der Waals surface area contributed by atoms with Gasteiger partial charge in [0.25, 0.3) is 0 Å². The van der Waals surface area contributed by atoms with Gasteiger partial charge in [-0.3, -0.25) is 4.90 Å². The molecule has 2 heteroatoms. The summed E-state index contributed by atoms with van der Waals surface area (Å²) in [6.45, 7) is 11.1. The van der Waals surface area contributed by atoms with Crippen LogP contribution in [-0.2, 0) is 6.54 Å². The average molecular weight is 230 g/mol. The van der Waals surface area contributed by atoms with E-state index in [0.717, 1.165) is 6.54 Å². The molecule has 2 nitrogen and oxygen atoms in total. The molecule has 17 heavy (non-hydrogen) atoms. The summed E-state index contributed by atoms with van der Waals surface area (Å²) in [4.78, 5) is 2.09. The Kier molecular flexibility index (Phi) is 3.95. The lowest BCUT2D eigenvalue weighted by molar-refractivity contribution is 0.202. The Balaban J connectivity index is 2.98. The summed E-state index contributed by atoms with van der Waals surface area (Å²) in [6.07, 6.45) is 0. The summed E-state index contributed by atoms with van der Waals surface area (Å²) in [5, 5.41) is 9.12. The van der Waals surface area contributed by atoms with E-state index in [1.807, 2.05) is 20.9 Å². The van der Waals surface area contributed by atoms with E-state index in [1.54, 1.807) is 0 Å². The Bertz CT molecular complexity index is 453. The fourth-order valence-electron chi connectivity index (χ4n) is 1.73. The molecule has 0 bridgehead atoms. The first-order valence-corrected chi connectivity index (χ1v) is 5.97. The minimum atomic E-state index is -0.425. The Morgan fingerprint density at radius 2 is 1.65 bits per heavy atom. The van der Waals surface area contributed by atoms with Gasteiger partial charge in [0.15, 0.2) is 0 Å². The highest BCUT2D eigenvalue weighted by molar-refractivity contribution is 5.36. The zero-order valence-electron chi connectivity index (χ0n) is 11.8. The maximum atomic E-state index is 9.12. The van der Waals surface area contributed by atoms with Crippen molar-refractivity contribution in [2.24, 2.45) is 0 Å². The molecular weight excluding hydrogens is 208 g/mol. The minimum Gasteiger partial charge on any atom is -0.285 e. The summed E-state index contributed by atoms with van der Waals surface area (Å²) < 4.78 is 0. The second-order valence-electron chi connectivity index (χ2n) is 5.39. The van der Waals surface area contributed by atoms with Crippen molar-refractivity contribution in [2.75, 3.05) is 7.05 Å². The summed E-state index contributed by atoms with van der Waals surface area (Å²) in [7, 11) is 2.00. The topological polar surface area (TPSA) is 27.0 Å². The molecule has 1 aromatic carbocycles. The van der Waals surface area contributed by atoms with E-state index < -0.39 is 5.54 Å². The predicted octanol–water partition coefficient (Wildman–Crippen LogP) is 3.35. The molecular formula is C15H22N2. The Labute approximate surface area is 105 Å². The number of rotatable bonds is 3. The van der Waals surface area contributed by atoms with E-state index in [1.165, 1.54) is 22.3 Å². The second kappa shape index (κ2) is 4.89. The van der Waals surface area contributed by atoms with Crippen molar-refractivity contribution in [3.63, 3.8) is 0 Å². The van der Waals surface area contributed by atoms with Gasteiger partial charge in [0.2, 0.25) is 0 Å². The third-order valence-corrected chi connectivity index (χ3v) is 3.59. The molecule has 0 atom stereocenters. The predicted molar refractivity (Wildman–Crippen MR) is 71.8 cm³/mol. The van der Waals surface area contributed by atoms with Crippen molar-refractivity contribution in [3.05, 3.63) is 34.4 Å². The lowest BCUT2D eigenvalue weighted by atomic mass is 9.98. The van der Waals surface area contributed by atoms with Gasteiger partial charge < -0.3 is 0 Å². The van der Waals surface area contributed by atoms with Gasteiger partial charge in [0.1, 0.15) is 5.54 Å². The first-order chi connectivity index (χ1) is 7.77. The van der Waals surface area contributed by atoms with Crippen molar-refractivity contribution in [2.45, 2.75) is 46.7 Å². The molecule has 0 heterocycles. The molecule has 0 aliphatic rings. The number of benzene rings is 1. The lowest BCUT2D eigenvalue weighted by Gasteiger charge is -2.29. The van der Waals surface area contributed by atoms with Gasteiger partial charge in [0, 0.05) is 6.54 Å². The van der Waals surface area contributed by atoms with Crippen LogP contribution in [0, 0.1) is 32.1 Å². The smallest absolute Gasteiger partial charge is 0.103 e. The summed E-state index contributed by atoms with van der Waals surface area (Å²) >= 11 is 0. The van der Waals surface area contributed by atoms with Crippen LogP contribution in [0.25, 0.3) is 0 Å². The van der Waals surface area contributed by atoms with E-state index >= 15 is 0 Å². The van der Waals surface area contributed by atoms with Crippen molar-refractivity contribution >= 4 is 0 Å². The quantitative estimate of drug-likeness (QED) is 0.796. The van der Waals surface area contributed by atoms with Gasteiger partial charge >= 0.3 is 0 Å². The van der Waals surface area contributed by atoms with Crippen LogP contribution in [0.1, 0.15) is 36.1 Å². The third kappa shape index (κ3) is 3.08. The number of nitriles is 1. The lowest BCUT2D eigenvalue weighted by Crippen LogP contribution is -2.39. The van der Waals surface area contributed by atoms with Crippen molar-refractivity contribution in [1.29, 1.82) is 5.26 Å². The van der Waals surface area contributed by atoms with Crippen LogP contribution in [0.5, 0.6) is 0 Å². The standard InChI is InChI=1S/C15H22N2/c1-11-7-13(3)14(8-12(11)2)9-17(6)15(4,5)10-16/h7-8H,9H2,1-6H3. The fourth-order valence-corrected chi connectivity index (χ4v) is 1.73. The summed E-state index contributed by atoms with van der Waals surface area (Å²) in [5.74, 6) is 0. The highest BCUT2D eigenvalue weighted by Gasteiger charge is 2.23. The van der Waals surface area contributed by atoms with E-state index in [4.69, 9.17) is 5.26 Å². The zero-order chi connectivity index (χ0) is 13.2. The van der Waals surface area contributed by atoms with Crippen LogP contribution in [0.3, 0.4) is 0 Å². The van der Waals surface area contributed by atoms with Crippen molar-refractivity contribution in [3.8, 4) is 6.07 Å². The first kappa shape index (κ1) is 13.7. The number of hydrogen-bond acceptors (Lipinski definition) is 2. The zero-order valence-corrected chi connectivity index (χ0v) is 11.8. The number of nitrogens with zero attached hydrogens (tertiary/aromatic N) is 2. The molecule has 0 fully saturated rings. The van der Waals surface area contributed by atoms with Gasteiger partial charge in [-0.15, -0.1) is 0 Å². The Hall–Kier alpha value is -1.33. The van der Waals surface area contributed by atoms with Gasteiger partial charge in [-0.1, -0.05) is 12.1 Å². The van der Waals surface area contributed by atoms with Gasteiger partial charge in [0.05, 0.1) is 6.07 Å². The van der Waals surface area contributed by atoms with Crippen LogP contribution in [0.15, 0.2) is 12.1 Å². The highest BCUT2D eigenvalue weighted by atomic mass is 15.2. The molecule has 0 aliphatic carbocycles. The summed E-state index contributed by atoms with van der Waals surface area (Å²) in [6, 6.07) is 6.78. The molecule has 1 rings (SSSR count). The highest BCUT2D eigenvalue weighted by Crippen LogP contribution is 2.20. The Morgan fingerprint density at radius 3 is 2.18 bits per heavy atom. The fraction of sp³-hybridized carbons (Fsp3) is 0.533. The van der Waals surface area contributed by atoms with Gasteiger partial charge in [-0.2, -0.15) is 5.26 Å². The van der Waals surface area contributed by atoms with Gasteiger partial charge in [-0.05, 0) is 63.9 Å². The molecule has 0 radical (unpaired) electrons. The van der Waals surface area contributed by atoms with Crippen molar-refractivity contribution < 1.29 is 0 Å². The van der Waals surface area contributed by atoms with Gasteiger partial charge in [-0.25, -0.2) is 0 Å². The third-order valence-electron chi connectivity index (χ3n) is 3.59. The van der Waals surface area contributed by atoms with E-state index in [-0.39, 0.29) is 0 Å². The van der Waals surface area contributed by atoms with Crippen LogP contribution in [0.2, 0.25) is 0 Å². The molecule has 0 aliphatic heterocycles. The Morgan fingerprint density at radius 1 is 1.12 bits per heavy atom. The molecule has 0 spiro atoms. The molecule has 0 aromatic heterocycles. The van der Waals surface area contributed by atoms with E-state index in [9.17, 15) is 0 Å². The SMILES string of the molecule is Cc1cc(C)c(CN(C)C(C)(C)C#N)cc1C. The van der Waals surface area contributed by atoms with Crippen LogP contribution in [0.4, 0.5) is 0 Å². The normalized spacial score (nSPS) is 11.6. The van der Waals surface area contributed by atoms with Crippen LogP contribution >= 0.6 is 0 Å². The first-order valence-electron chi connectivity index (χ1n) is 5.97. The van der Waals surface area contributed by atoms with Crippen LogP contribution in [-0.4, -0.2) is 17.5 Å². The van der Waals surface area contributed by atoms with E-state index in [2.05, 4.69) is 43.9 Å². The molecule has 0 saturated heterocycles. The molecule has 0 N–H and O–H groups in total. The van der Waals surface area contributed by atoms with E-state index in [0.29, 0.717) is 0 Å². The van der Waals surface area contributed by atoms with Crippen molar-refractivity contribution in [1.82, 2.24) is 4.90 Å². The monoisotopic (exact) mass is 230 g/mol.